The monoisotopic (exact) mass is 202 g/mol. The van der Waals surface area contributed by atoms with E-state index in [1.807, 2.05) is 18.2 Å². The van der Waals surface area contributed by atoms with Crippen LogP contribution >= 0.6 is 0 Å². The number of nitrogens with two attached hydrogens (primary N) is 1. The summed E-state index contributed by atoms with van der Waals surface area (Å²) in [4.78, 5) is 0. The highest BCUT2D eigenvalue weighted by Gasteiger charge is 2.29. The first-order valence-electron chi connectivity index (χ1n) is 4.88. The van der Waals surface area contributed by atoms with Crippen molar-refractivity contribution in [3.8, 4) is 0 Å². The summed E-state index contributed by atoms with van der Waals surface area (Å²) in [5, 5.41) is 3.71. The second-order valence-corrected chi connectivity index (χ2v) is 4.10. The van der Waals surface area contributed by atoms with E-state index in [2.05, 4.69) is 31.1 Å². The van der Waals surface area contributed by atoms with Gasteiger partial charge in [-0.25, -0.2) is 0 Å². The van der Waals surface area contributed by atoms with Gasteiger partial charge in [0.2, 0.25) is 0 Å². The van der Waals surface area contributed by atoms with E-state index in [1.54, 1.807) is 6.20 Å². The van der Waals surface area contributed by atoms with Gasteiger partial charge in [0.25, 0.3) is 0 Å². The van der Waals surface area contributed by atoms with Gasteiger partial charge in [-0.1, -0.05) is 35.5 Å². The fraction of sp³-hybridized carbons (Fsp3) is 0.250. The molecule has 0 spiro atoms. The van der Waals surface area contributed by atoms with Gasteiger partial charge in [-0.3, -0.25) is 0 Å². The molecule has 2 rings (SSSR count). The lowest BCUT2D eigenvalue weighted by molar-refractivity contribution is 0.341. The van der Waals surface area contributed by atoms with E-state index >= 15 is 0 Å². The summed E-state index contributed by atoms with van der Waals surface area (Å²) in [6.07, 6.45) is 1.54. The molecule has 2 aromatic rings. The van der Waals surface area contributed by atoms with Crippen molar-refractivity contribution in [1.82, 2.24) is 5.16 Å². The Hall–Kier alpha value is -1.77. The summed E-state index contributed by atoms with van der Waals surface area (Å²) >= 11 is 0. The number of hydrogen-bond donors (Lipinski definition) is 1. The zero-order valence-electron chi connectivity index (χ0n) is 8.90. The normalized spacial score (nSPS) is 11.6. The Morgan fingerprint density at radius 1 is 1.20 bits per heavy atom. The highest BCUT2D eigenvalue weighted by atomic mass is 16.5. The zero-order valence-corrected chi connectivity index (χ0v) is 8.90. The molecule has 3 heteroatoms. The van der Waals surface area contributed by atoms with Gasteiger partial charge in [-0.15, -0.1) is 0 Å². The minimum absolute atomic E-state index is 0.248. The van der Waals surface area contributed by atoms with Crippen LogP contribution in [0.2, 0.25) is 0 Å². The predicted octanol–water partition coefficient (Wildman–Crippen LogP) is 2.58. The topological polar surface area (TPSA) is 52.0 Å². The first-order chi connectivity index (χ1) is 7.12. The number of rotatable bonds is 2. The Balaban J connectivity index is 2.48. The lowest BCUT2D eigenvalue weighted by atomic mass is 9.82. The lowest BCUT2D eigenvalue weighted by Crippen LogP contribution is -2.19. The van der Waals surface area contributed by atoms with Crippen LogP contribution in [0.5, 0.6) is 0 Å². The minimum Gasteiger partial charge on any atom is -0.395 e. The van der Waals surface area contributed by atoms with Gasteiger partial charge in [0, 0.05) is 0 Å². The fourth-order valence-electron chi connectivity index (χ4n) is 1.71. The molecule has 1 aromatic carbocycles. The van der Waals surface area contributed by atoms with E-state index in [9.17, 15) is 0 Å². The molecule has 0 aliphatic heterocycles. The second kappa shape index (κ2) is 3.42. The third kappa shape index (κ3) is 1.61. The van der Waals surface area contributed by atoms with Crippen LogP contribution in [0.1, 0.15) is 25.2 Å². The van der Waals surface area contributed by atoms with Crippen molar-refractivity contribution < 1.29 is 4.52 Å². The number of nitrogen functional groups attached to an aromatic ring is 1. The van der Waals surface area contributed by atoms with E-state index in [-0.39, 0.29) is 5.41 Å². The second-order valence-electron chi connectivity index (χ2n) is 4.10. The van der Waals surface area contributed by atoms with Crippen molar-refractivity contribution in [2.45, 2.75) is 19.3 Å². The lowest BCUT2D eigenvalue weighted by Gasteiger charge is -2.22. The van der Waals surface area contributed by atoms with Crippen LogP contribution in [0.25, 0.3) is 0 Å². The van der Waals surface area contributed by atoms with Gasteiger partial charge in [-0.05, 0) is 19.4 Å². The highest BCUT2D eigenvalue weighted by Crippen LogP contribution is 2.34. The molecule has 3 nitrogen and oxygen atoms in total. The average molecular weight is 202 g/mol. The molecule has 0 bridgehead atoms. The average Bonchev–Trinajstić information content (AvgIpc) is 2.66. The van der Waals surface area contributed by atoms with Crippen molar-refractivity contribution in [2.75, 3.05) is 5.73 Å². The first-order valence-corrected chi connectivity index (χ1v) is 4.88. The Labute approximate surface area is 88.9 Å². The molecule has 1 heterocycles. The standard InChI is InChI=1S/C12H14N2O/c1-12(2,9-6-4-3-5-7-9)11-10(13)8-14-15-11/h3-8H,13H2,1-2H3. The molecule has 15 heavy (non-hydrogen) atoms. The van der Waals surface area contributed by atoms with E-state index in [0.29, 0.717) is 11.4 Å². The van der Waals surface area contributed by atoms with Gasteiger partial charge in [0.05, 0.1) is 17.3 Å². The fourth-order valence-corrected chi connectivity index (χ4v) is 1.71. The molecule has 0 saturated carbocycles. The molecular formula is C12H14N2O. The van der Waals surface area contributed by atoms with E-state index in [0.717, 1.165) is 5.56 Å². The number of nitrogens with zero attached hydrogens (tertiary/aromatic N) is 1. The number of hydrogen-bond acceptors (Lipinski definition) is 3. The maximum Gasteiger partial charge on any atom is 0.169 e. The largest absolute Gasteiger partial charge is 0.395 e. The van der Waals surface area contributed by atoms with Crippen molar-refractivity contribution in [2.24, 2.45) is 0 Å². The van der Waals surface area contributed by atoms with Gasteiger partial charge < -0.3 is 10.3 Å². The summed E-state index contributed by atoms with van der Waals surface area (Å²) in [7, 11) is 0. The van der Waals surface area contributed by atoms with Crippen molar-refractivity contribution in [3.05, 3.63) is 47.9 Å². The maximum absolute atomic E-state index is 5.81. The molecule has 0 unspecified atom stereocenters. The van der Waals surface area contributed by atoms with E-state index in [4.69, 9.17) is 10.3 Å². The Morgan fingerprint density at radius 2 is 1.87 bits per heavy atom. The van der Waals surface area contributed by atoms with Crippen molar-refractivity contribution >= 4 is 5.69 Å². The molecule has 0 atom stereocenters. The Kier molecular flexibility index (Phi) is 2.23. The summed E-state index contributed by atoms with van der Waals surface area (Å²) < 4.78 is 5.21. The number of aromatic nitrogens is 1. The van der Waals surface area contributed by atoms with Gasteiger partial charge in [0.15, 0.2) is 5.76 Å². The zero-order chi connectivity index (χ0) is 10.9. The minimum atomic E-state index is -0.248. The summed E-state index contributed by atoms with van der Waals surface area (Å²) in [5.74, 6) is 0.716. The molecule has 78 valence electrons. The Bertz CT molecular complexity index is 446. The number of benzene rings is 1. The molecule has 0 aliphatic carbocycles. The summed E-state index contributed by atoms with van der Waals surface area (Å²) in [6, 6.07) is 10.1. The third-order valence-electron chi connectivity index (χ3n) is 2.66. The SMILES string of the molecule is CC(C)(c1ccccc1)c1oncc1N. The molecular weight excluding hydrogens is 188 g/mol. The van der Waals surface area contributed by atoms with Crippen LogP contribution in [0.4, 0.5) is 5.69 Å². The molecule has 0 amide bonds. The molecule has 2 N–H and O–H groups in total. The third-order valence-corrected chi connectivity index (χ3v) is 2.66. The quantitative estimate of drug-likeness (QED) is 0.814. The summed E-state index contributed by atoms with van der Waals surface area (Å²) in [6.45, 7) is 4.14. The van der Waals surface area contributed by atoms with Crippen LogP contribution < -0.4 is 5.73 Å². The molecule has 1 aromatic heterocycles. The predicted molar refractivity (Wildman–Crippen MR) is 59.5 cm³/mol. The van der Waals surface area contributed by atoms with Crippen LogP contribution in [0.15, 0.2) is 41.1 Å². The van der Waals surface area contributed by atoms with Gasteiger partial charge in [0.1, 0.15) is 0 Å². The van der Waals surface area contributed by atoms with Crippen LogP contribution in [-0.4, -0.2) is 5.16 Å². The van der Waals surface area contributed by atoms with Crippen LogP contribution in [0, 0.1) is 0 Å². The van der Waals surface area contributed by atoms with Crippen LogP contribution in [-0.2, 0) is 5.41 Å². The molecule has 0 radical (unpaired) electrons. The van der Waals surface area contributed by atoms with Crippen LogP contribution in [0.3, 0.4) is 0 Å². The number of anilines is 1. The molecule has 0 aliphatic rings. The first kappa shape index (κ1) is 9.77. The van der Waals surface area contributed by atoms with Crippen molar-refractivity contribution in [1.29, 1.82) is 0 Å². The van der Waals surface area contributed by atoms with E-state index in [1.165, 1.54) is 0 Å². The van der Waals surface area contributed by atoms with Gasteiger partial charge in [-0.2, -0.15) is 0 Å². The van der Waals surface area contributed by atoms with Gasteiger partial charge >= 0.3 is 0 Å². The highest BCUT2D eigenvalue weighted by molar-refractivity contribution is 5.47. The summed E-state index contributed by atoms with van der Waals surface area (Å²) in [5.41, 5.74) is 7.32. The van der Waals surface area contributed by atoms with E-state index < -0.39 is 0 Å². The molecule has 0 saturated heterocycles. The smallest absolute Gasteiger partial charge is 0.169 e. The molecule has 0 fully saturated rings. The Morgan fingerprint density at radius 3 is 2.40 bits per heavy atom. The van der Waals surface area contributed by atoms with Crippen molar-refractivity contribution in [3.63, 3.8) is 0 Å². The maximum atomic E-state index is 5.81.